The first-order valence-electron chi connectivity index (χ1n) is 12.2. The summed E-state index contributed by atoms with van der Waals surface area (Å²) in [6, 6.07) is -0.625. The average Bonchev–Trinajstić information content (AvgIpc) is 2.99. The molecule has 1 saturated heterocycles. The number of fused-ring (bicyclic) bond motifs is 1. The second-order valence-electron chi connectivity index (χ2n) is 10.1. The highest BCUT2D eigenvalue weighted by atomic mass is 16.5. The van der Waals surface area contributed by atoms with Crippen LogP contribution in [0.5, 0.6) is 0 Å². The molecular formula is C25H42N2O5. The Hall–Kier alpha value is -1.89. The third kappa shape index (κ3) is 6.33. The van der Waals surface area contributed by atoms with Crippen molar-refractivity contribution >= 4 is 17.8 Å². The maximum atomic E-state index is 13.7. The minimum atomic E-state index is -0.625. The van der Waals surface area contributed by atoms with Crippen LogP contribution in [-0.2, 0) is 19.1 Å². The zero-order valence-corrected chi connectivity index (χ0v) is 20.4. The van der Waals surface area contributed by atoms with Gasteiger partial charge in [0.2, 0.25) is 11.8 Å². The quantitative estimate of drug-likeness (QED) is 0.287. The summed E-state index contributed by atoms with van der Waals surface area (Å²) in [5.41, 5.74) is -0.422. The summed E-state index contributed by atoms with van der Waals surface area (Å²) in [6.07, 6.45) is 8.99. The van der Waals surface area contributed by atoms with E-state index in [2.05, 4.69) is 12.2 Å². The average molecular weight is 451 g/mol. The fraction of sp³-hybridized carbons (Fsp3) is 0.800. The largest absolute Gasteiger partial charge is 0.466 e. The van der Waals surface area contributed by atoms with E-state index in [1.165, 1.54) is 0 Å². The summed E-state index contributed by atoms with van der Waals surface area (Å²) in [6.45, 7) is 10.5. The predicted molar refractivity (Wildman–Crippen MR) is 124 cm³/mol. The van der Waals surface area contributed by atoms with Gasteiger partial charge in [-0.3, -0.25) is 14.4 Å². The van der Waals surface area contributed by atoms with E-state index in [9.17, 15) is 14.4 Å². The second-order valence-corrected chi connectivity index (χ2v) is 10.1. The number of ether oxygens (including phenoxy) is 1. The van der Waals surface area contributed by atoms with Crippen LogP contribution in [0.2, 0.25) is 0 Å². The van der Waals surface area contributed by atoms with Crippen molar-refractivity contribution < 1.29 is 24.2 Å². The third-order valence-corrected chi connectivity index (χ3v) is 6.37. The zero-order valence-electron chi connectivity index (χ0n) is 20.4. The number of aliphatic hydroxyl groups excluding tert-OH is 1. The number of carbonyl (C=O) groups excluding carboxylic acids is 3. The third-order valence-electron chi connectivity index (χ3n) is 6.37. The number of rotatable bonds is 11. The highest BCUT2D eigenvalue weighted by molar-refractivity contribution is 5.96. The van der Waals surface area contributed by atoms with Gasteiger partial charge >= 0.3 is 5.97 Å². The van der Waals surface area contributed by atoms with Crippen molar-refractivity contribution in [2.45, 2.75) is 84.7 Å². The molecule has 32 heavy (non-hydrogen) atoms. The van der Waals surface area contributed by atoms with Gasteiger partial charge < -0.3 is 20.1 Å². The number of aliphatic hydroxyl groups is 1. The standard InChI is InChI=1S/C25H42N2O5/c1-6-12-17-13-14-18-20(19(17)24(31)32-7-2)23(30)27(15-10-8-9-11-16-28)21(18)22(29)26-25(3,4)5/h13-14,17-21,28H,6-12,15-16H2,1-5H3,(H,26,29)/t17-,18+,19-,20-,21+/m1/s1. The van der Waals surface area contributed by atoms with Crippen molar-refractivity contribution in [3.8, 4) is 0 Å². The highest BCUT2D eigenvalue weighted by Crippen LogP contribution is 2.45. The smallest absolute Gasteiger partial charge is 0.310 e. The van der Waals surface area contributed by atoms with Crippen LogP contribution in [-0.4, -0.2) is 59.1 Å². The first kappa shape index (κ1) is 26.4. The first-order valence-corrected chi connectivity index (χ1v) is 12.2. The number of nitrogens with one attached hydrogen (secondary N) is 1. The van der Waals surface area contributed by atoms with E-state index >= 15 is 0 Å². The number of likely N-dealkylation sites (tertiary alicyclic amines) is 1. The number of nitrogens with zero attached hydrogens (tertiary/aromatic N) is 1. The fourth-order valence-electron chi connectivity index (χ4n) is 5.10. The molecule has 0 aromatic rings. The van der Waals surface area contributed by atoms with Crippen LogP contribution in [0.1, 0.15) is 73.1 Å². The van der Waals surface area contributed by atoms with E-state index in [1.807, 2.05) is 32.9 Å². The van der Waals surface area contributed by atoms with E-state index in [-0.39, 0.29) is 42.8 Å². The van der Waals surface area contributed by atoms with E-state index in [0.717, 1.165) is 38.5 Å². The summed E-state index contributed by atoms with van der Waals surface area (Å²) in [5.74, 6) is -2.14. The van der Waals surface area contributed by atoms with Crippen LogP contribution < -0.4 is 5.32 Å². The normalized spacial score (nSPS) is 27.4. The SMILES string of the molecule is CCC[C@@H]1C=C[C@H]2[C@@H](C(=O)N(CCCCCCO)[C@@H]2C(=O)NC(C)(C)C)[C@@H]1C(=O)OCC. The van der Waals surface area contributed by atoms with Crippen molar-refractivity contribution in [1.29, 1.82) is 0 Å². The van der Waals surface area contributed by atoms with E-state index in [1.54, 1.807) is 11.8 Å². The fourth-order valence-corrected chi connectivity index (χ4v) is 5.10. The van der Waals surface area contributed by atoms with Gasteiger partial charge in [-0.1, -0.05) is 38.3 Å². The van der Waals surface area contributed by atoms with Gasteiger partial charge in [0.25, 0.3) is 0 Å². The topological polar surface area (TPSA) is 95.9 Å². The first-order chi connectivity index (χ1) is 15.2. The molecule has 0 bridgehead atoms. The van der Waals surface area contributed by atoms with Gasteiger partial charge in [0.05, 0.1) is 18.4 Å². The lowest BCUT2D eigenvalue weighted by Crippen LogP contribution is -2.52. The Kier molecular flexibility index (Phi) is 9.74. The van der Waals surface area contributed by atoms with E-state index in [0.29, 0.717) is 6.54 Å². The van der Waals surface area contributed by atoms with Crippen molar-refractivity contribution in [3.05, 3.63) is 12.2 Å². The molecule has 0 aromatic carbocycles. The summed E-state index contributed by atoms with van der Waals surface area (Å²) >= 11 is 0. The monoisotopic (exact) mass is 450 g/mol. The van der Waals surface area contributed by atoms with Crippen LogP contribution >= 0.6 is 0 Å². The van der Waals surface area contributed by atoms with Gasteiger partial charge in [-0.2, -0.15) is 0 Å². The minimum Gasteiger partial charge on any atom is -0.466 e. The molecule has 1 aliphatic heterocycles. The van der Waals surface area contributed by atoms with Crippen molar-refractivity contribution in [1.82, 2.24) is 10.2 Å². The van der Waals surface area contributed by atoms with Crippen molar-refractivity contribution in [2.24, 2.45) is 23.7 Å². The molecule has 2 N–H and O–H groups in total. The molecule has 0 spiro atoms. The number of allylic oxidation sites excluding steroid dienone is 1. The lowest BCUT2D eigenvalue weighted by atomic mass is 9.68. The molecule has 2 rings (SSSR count). The molecule has 1 aliphatic carbocycles. The number of unbranched alkanes of at least 4 members (excludes halogenated alkanes) is 3. The maximum Gasteiger partial charge on any atom is 0.310 e. The molecular weight excluding hydrogens is 408 g/mol. The summed E-state index contributed by atoms with van der Waals surface area (Å²) in [4.78, 5) is 41.7. The molecule has 7 heteroatoms. The van der Waals surface area contributed by atoms with Crippen LogP contribution in [0, 0.1) is 23.7 Å². The number of amides is 2. The molecule has 2 aliphatic rings. The zero-order chi connectivity index (χ0) is 23.9. The van der Waals surface area contributed by atoms with Gasteiger partial charge in [-0.25, -0.2) is 0 Å². The summed E-state index contributed by atoms with van der Waals surface area (Å²) in [7, 11) is 0. The number of hydrogen-bond donors (Lipinski definition) is 2. The van der Waals surface area contributed by atoms with E-state index in [4.69, 9.17) is 9.84 Å². The highest BCUT2D eigenvalue weighted by Gasteiger charge is 2.57. The van der Waals surface area contributed by atoms with Crippen LogP contribution in [0.3, 0.4) is 0 Å². The molecule has 5 atom stereocenters. The van der Waals surface area contributed by atoms with Crippen LogP contribution in [0.4, 0.5) is 0 Å². The van der Waals surface area contributed by atoms with Crippen LogP contribution in [0.15, 0.2) is 12.2 Å². The Bertz CT molecular complexity index is 684. The Morgan fingerprint density at radius 2 is 1.81 bits per heavy atom. The summed E-state index contributed by atoms with van der Waals surface area (Å²) in [5, 5.41) is 12.1. The van der Waals surface area contributed by atoms with Gasteiger partial charge in [-0.15, -0.1) is 0 Å². The molecule has 0 radical (unpaired) electrons. The number of carbonyl (C=O) groups is 3. The molecule has 1 fully saturated rings. The number of esters is 1. The Morgan fingerprint density at radius 3 is 2.41 bits per heavy atom. The van der Waals surface area contributed by atoms with Crippen LogP contribution in [0.25, 0.3) is 0 Å². The second kappa shape index (κ2) is 11.8. The predicted octanol–water partition coefficient (Wildman–Crippen LogP) is 3.06. The maximum absolute atomic E-state index is 13.7. The Morgan fingerprint density at radius 1 is 1.12 bits per heavy atom. The van der Waals surface area contributed by atoms with Gasteiger partial charge in [0.1, 0.15) is 6.04 Å². The Balaban J connectivity index is 2.36. The molecule has 182 valence electrons. The Labute approximate surface area is 192 Å². The number of hydrogen-bond acceptors (Lipinski definition) is 5. The molecule has 2 amide bonds. The molecule has 7 nitrogen and oxygen atoms in total. The summed E-state index contributed by atoms with van der Waals surface area (Å²) < 4.78 is 5.38. The minimum absolute atomic E-state index is 0.0555. The van der Waals surface area contributed by atoms with Crippen molar-refractivity contribution in [2.75, 3.05) is 19.8 Å². The van der Waals surface area contributed by atoms with Gasteiger partial charge in [0, 0.05) is 24.6 Å². The van der Waals surface area contributed by atoms with Crippen molar-refractivity contribution in [3.63, 3.8) is 0 Å². The van der Waals surface area contributed by atoms with Gasteiger partial charge in [-0.05, 0) is 52.9 Å². The molecule has 0 saturated carbocycles. The molecule has 0 unspecified atom stereocenters. The van der Waals surface area contributed by atoms with E-state index < -0.39 is 23.4 Å². The van der Waals surface area contributed by atoms with Gasteiger partial charge in [0.15, 0.2) is 0 Å². The lowest BCUT2D eigenvalue weighted by Gasteiger charge is -2.34. The lowest BCUT2D eigenvalue weighted by molar-refractivity contribution is -0.155. The molecule has 1 heterocycles. The molecule has 0 aromatic heterocycles.